The van der Waals surface area contributed by atoms with Crippen LogP contribution in [0.5, 0.6) is 0 Å². The van der Waals surface area contributed by atoms with Crippen LogP contribution in [-0.4, -0.2) is 39.0 Å². The number of hydrogen-bond donors (Lipinski definition) is 3. The zero-order valence-electron chi connectivity index (χ0n) is 23.2. The van der Waals surface area contributed by atoms with Crippen LogP contribution in [0.4, 0.5) is 37.8 Å². The van der Waals surface area contributed by atoms with Crippen molar-refractivity contribution in [3.63, 3.8) is 0 Å². The van der Waals surface area contributed by atoms with Crippen molar-refractivity contribution in [3.05, 3.63) is 88.6 Å². The fourth-order valence-corrected chi connectivity index (χ4v) is 4.59. The van der Waals surface area contributed by atoms with Gasteiger partial charge < -0.3 is 10.1 Å². The Labute approximate surface area is 247 Å². The Hall–Kier alpha value is -4.47. The maximum absolute atomic E-state index is 14.4. The number of carbonyl (C=O) groups excluding carboxylic acids is 2. The predicted octanol–water partition coefficient (Wildman–Crippen LogP) is 6.16. The number of hydrogen-bond acceptors (Lipinski definition) is 7. The highest BCUT2D eigenvalue weighted by atomic mass is 19.4. The number of nitro groups is 1. The number of nitrogens with one attached hydrogen (secondary N) is 3. The molecule has 16 heteroatoms. The first-order valence-electron chi connectivity index (χ1n) is 13.2. The second kappa shape index (κ2) is 13.4. The predicted molar refractivity (Wildman–Crippen MR) is 146 cm³/mol. The van der Waals surface area contributed by atoms with Crippen molar-refractivity contribution < 1.29 is 45.6 Å². The molecule has 0 bridgehead atoms. The number of allylic oxidation sites excluding steroid dienone is 1. The molecule has 0 unspecified atom stereocenters. The van der Waals surface area contributed by atoms with Crippen molar-refractivity contribution in [3.8, 4) is 0 Å². The van der Waals surface area contributed by atoms with Crippen LogP contribution >= 0.6 is 0 Å². The third-order valence-electron chi connectivity index (χ3n) is 7.09. The average molecular weight is 630 g/mol. The van der Waals surface area contributed by atoms with Gasteiger partial charge in [0.25, 0.3) is 11.8 Å². The summed E-state index contributed by atoms with van der Waals surface area (Å²) in [7, 11) is 0. The van der Waals surface area contributed by atoms with Crippen molar-refractivity contribution in [1.29, 1.82) is 0 Å². The molecule has 0 saturated heterocycles. The zero-order valence-corrected chi connectivity index (χ0v) is 23.2. The lowest BCUT2D eigenvalue weighted by atomic mass is 9.74. The number of pyridine rings is 1. The smallest absolute Gasteiger partial charge is 0.364 e. The van der Waals surface area contributed by atoms with E-state index in [1.165, 1.54) is 30.3 Å². The molecule has 1 fully saturated rings. The van der Waals surface area contributed by atoms with Gasteiger partial charge in [-0.05, 0) is 44.1 Å². The lowest BCUT2D eigenvalue weighted by Gasteiger charge is -2.43. The summed E-state index contributed by atoms with van der Waals surface area (Å²) in [4.78, 5) is 39.9. The van der Waals surface area contributed by atoms with Crippen LogP contribution in [0.2, 0.25) is 0 Å². The van der Waals surface area contributed by atoms with E-state index in [1.807, 2.05) is 0 Å². The zero-order chi connectivity index (χ0) is 32.8. The third kappa shape index (κ3) is 7.53. The molecule has 44 heavy (non-hydrogen) atoms. The first-order valence-corrected chi connectivity index (χ1v) is 13.2. The van der Waals surface area contributed by atoms with Gasteiger partial charge in [0.05, 0.1) is 11.5 Å². The number of halogens is 6. The molecule has 3 N–H and O–H groups in total. The molecule has 1 aromatic carbocycles. The van der Waals surface area contributed by atoms with Gasteiger partial charge in [0, 0.05) is 11.6 Å². The van der Waals surface area contributed by atoms with Gasteiger partial charge in [-0.3, -0.25) is 30.6 Å². The summed E-state index contributed by atoms with van der Waals surface area (Å²) in [5.74, 6) is -4.43. The lowest BCUT2D eigenvalue weighted by Crippen LogP contribution is -2.61. The maximum Gasteiger partial charge on any atom is 0.426 e. The van der Waals surface area contributed by atoms with Crippen molar-refractivity contribution in [2.45, 2.75) is 68.6 Å². The van der Waals surface area contributed by atoms with Gasteiger partial charge in [-0.1, -0.05) is 42.5 Å². The van der Waals surface area contributed by atoms with E-state index in [2.05, 4.69) is 23.5 Å². The Morgan fingerprint density at radius 3 is 2.23 bits per heavy atom. The van der Waals surface area contributed by atoms with E-state index in [4.69, 9.17) is 4.74 Å². The summed E-state index contributed by atoms with van der Waals surface area (Å²) in [6.07, 6.45) is -7.46. The first-order chi connectivity index (χ1) is 20.6. The Morgan fingerprint density at radius 1 is 1.07 bits per heavy atom. The van der Waals surface area contributed by atoms with Crippen molar-refractivity contribution in [2.24, 2.45) is 0 Å². The number of nitrogens with zero attached hydrogens (tertiary/aromatic N) is 2. The molecule has 0 spiro atoms. The fourth-order valence-electron chi connectivity index (χ4n) is 4.59. The fraction of sp³-hybridized carbons (Fsp3) is 0.393. The number of anilines is 1. The molecule has 0 radical (unpaired) electrons. The Morgan fingerprint density at radius 2 is 1.73 bits per heavy atom. The van der Waals surface area contributed by atoms with Crippen LogP contribution in [0.25, 0.3) is 0 Å². The van der Waals surface area contributed by atoms with Crippen molar-refractivity contribution in [2.75, 3.05) is 5.32 Å². The third-order valence-corrected chi connectivity index (χ3v) is 7.09. The van der Waals surface area contributed by atoms with E-state index < -0.39 is 76.0 Å². The number of rotatable bonds is 13. The number of alkyl halides is 6. The number of carbonyl (C=O) groups is 2. The largest absolute Gasteiger partial charge is 0.426 e. The molecule has 238 valence electrons. The van der Waals surface area contributed by atoms with Gasteiger partial charge in [0.1, 0.15) is 11.4 Å². The molecule has 1 saturated carbocycles. The normalized spacial score (nSPS) is 15.7. The minimum Gasteiger partial charge on any atom is -0.364 e. The summed E-state index contributed by atoms with van der Waals surface area (Å²) >= 11 is 0. The van der Waals surface area contributed by atoms with E-state index >= 15 is 0 Å². The van der Waals surface area contributed by atoms with E-state index in [9.17, 15) is 46.0 Å². The molecule has 0 aliphatic heterocycles. The number of amides is 2. The number of aromatic nitrogens is 1. The molecule has 1 aliphatic carbocycles. The monoisotopic (exact) mass is 629 g/mol. The van der Waals surface area contributed by atoms with Gasteiger partial charge in [-0.25, -0.2) is 4.98 Å². The Bertz CT molecular complexity index is 1400. The highest BCUT2D eigenvalue weighted by Gasteiger charge is 2.61. The minimum atomic E-state index is -5.32. The van der Waals surface area contributed by atoms with Crippen LogP contribution in [0.15, 0.2) is 61.7 Å². The summed E-state index contributed by atoms with van der Waals surface area (Å²) in [6.45, 7) is 6.27. The van der Waals surface area contributed by atoms with E-state index in [1.54, 1.807) is 16.9 Å². The summed E-state index contributed by atoms with van der Waals surface area (Å²) < 4.78 is 89.9. The molecular weight excluding hydrogens is 600 g/mol. The molecule has 1 heterocycles. The Balaban J connectivity index is 1.96. The molecule has 10 nitrogen and oxygen atoms in total. The van der Waals surface area contributed by atoms with E-state index in [0.717, 1.165) is 6.08 Å². The maximum atomic E-state index is 14.4. The highest BCUT2D eigenvalue weighted by molar-refractivity contribution is 5.98. The molecule has 1 atom stereocenters. The molecule has 2 amide bonds. The molecule has 1 aromatic heterocycles. The van der Waals surface area contributed by atoms with Gasteiger partial charge >= 0.3 is 18.0 Å². The number of ether oxygens (including phenoxy) is 1. The number of hydrazine groups is 1. The SMILES string of the molecule is C=CCC[C@@](OCc1ccccc1)(C(=O)NNC(=O)c1nc(NC2(CC=C)CCC2)c(C(F)(F)F)cc1[N+](=O)[O-])C(F)(F)F. The van der Waals surface area contributed by atoms with Crippen LogP contribution in [-0.2, 0) is 22.3 Å². The van der Waals surface area contributed by atoms with Crippen LogP contribution in [0, 0.1) is 10.1 Å². The quantitative estimate of drug-likeness (QED) is 0.104. The van der Waals surface area contributed by atoms with Crippen LogP contribution in [0.3, 0.4) is 0 Å². The topological polar surface area (TPSA) is 135 Å². The molecule has 1 aliphatic rings. The average Bonchev–Trinajstić information content (AvgIpc) is 2.93. The highest BCUT2D eigenvalue weighted by Crippen LogP contribution is 2.43. The molecular formula is C28H29F6N5O5. The van der Waals surface area contributed by atoms with Crippen molar-refractivity contribution in [1.82, 2.24) is 15.8 Å². The second-order valence-corrected chi connectivity index (χ2v) is 10.1. The van der Waals surface area contributed by atoms with Gasteiger partial charge in [-0.2, -0.15) is 26.3 Å². The van der Waals surface area contributed by atoms with Crippen LogP contribution in [0.1, 0.15) is 60.1 Å². The lowest BCUT2D eigenvalue weighted by molar-refractivity contribution is -0.385. The van der Waals surface area contributed by atoms with Gasteiger partial charge in [0.15, 0.2) is 0 Å². The second-order valence-electron chi connectivity index (χ2n) is 10.1. The Kier molecular flexibility index (Phi) is 10.4. The minimum absolute atomic E-state index is 0.0966. The van der Waals surface area contributed by atoms with E-state index in [-0.39, 0.29) is 18.9 Å². The molecule has 2 aromatic rings. The first kappa shape index (κ1) is 34.0. The summed E-state index contributed by atoms with van der Waals surface area (Å²) in [5.41, 5.74) is -5.07. The summed E-state index contributed by atoms with van der Waals surface area (Å²) in [5, 5.41) is 14.3. The van der Waals surface area contributed by atoms with Gasteiger partial charge in [-0.15, -0.1) is 13.2 Å². The molecule has 3 rings (SSSR count). The summed E-state index contributed by atoms with van der Waals surface area (Å²) in [6, 6.07) is 7.70. The van der Waals surface area contributed by atoms with Crippen molar-refractivity contribution >= 4 is 23.3 Å². The van der Waals surface area contributed by atoms with Gasteiger partial charge in [0.2, 0.25) is 11.3 Å². The van der Waals surface area contributed by atoms with E-state index in [0.29, 0.717) is 24.8 Å². The van der Waals surface area contributed by atoms with Crippen LogP contribution < -0.4 is 16.2 Å². The number of benzene rings is 1. The standard InChI is InChI=1S/C28H29F6N5O5/c1-3-5-15-26(28(32,33)34,44-17-18-10-7-6-8-11-18)24(41)38-37-23(40)21-20(39(42)43)16-19(27(29,30)31)22(35-21)36-25(12-4-2)13-9-14-25/h3-4,6-8,10-11,16H,1-2,5,9,12-15,17H2,(H,35,36)(H,37,40)(H,38,41)/t26-/m1/s1.